The van der Waals surface area contributed by atoms with E-state index in [4.69, 9.17) is 16.3 Å². The van der Waals surface area contributed by atoms with Crippen LogP contribution in [0.15, 0.2) is 30.5 Å². The Morgan fingerprint density at radius 2 is 2.19 bits per heavy atom. The van der Waals surface area contributed by atoms with Gasteiger partial charge in [-0.25, -0.2) is 4.98 Å². The number of benzene rings is 1. The highest BCUT2D eigenvalue weighted by Gasteiger charge is 2.01. The first-order chi connectivity index (χ1) is 7.81. The Balaban J connectivity index is 2.25. The summed E-state index contributed by atoms with van der Waals surface area (Å²) in [6, 6.07) is 7.86. The molecular weight excluding hydrogens is 222 g/mol. The smallest absolute Gasteiger partial charge is 0.136 e. The van der Waals surface area contributed by atoms with Crippen LogP contribution in [0.2, 0.25) is 5.15 Å². The minimum atomic E-state index is 0.526. The summed E-state index contributed by atoms with van der Waals surface area (Å²) >= 11 is 6.02. The summed E-state index contributed by atoms with van der Waals surface area (Å²) in [5.74, 6) is 0.857. The van der Waals surface area contributed by atoms with Crippen molar-refractivity contribution in [3.8, 4) is 5.75 Å². The number of nitrogens with zero attached hydrogens (tertiary/aromatic N) is 1. The van der Waals surface area contributed by atoms with Crippen LogP contribution in [0.1, 0.15) is 19.8 Å². The van der Waals surface area contributed by atoms with Crippen LogP contribution in [-0.4, -0.2) is 11.6 Å². The zero-order chi connectivity index (χ0) is 11.4. The van der Waals surface area contributed by atoms with Gasteiger partial charge in [-0.1, -0.05) is 31.0 Å². The molecule has 1 aromatic heterocycles. The first-order valence-corrected chi connectivity index (χ1v) is 5.86. The van der Waals surface area contributed by atoms with Crippen molar-refractivity contribution >= 4 is 22.4 Å². The molecule has 2 aromatic rings. The van der Waals surface area contributed by atoms with Crippen molar-refractivity contribution in [3.63, 3.8) is 0 Å². The van der Waals surface area contributed by atoms with Crippen molar-refractivity contribution in [1.82, 2.24) is 4.98 Å². The van der Waals surface area contributed by atoms with Gasteiger partial charge in [0.05, 0.1) is 6.61 Å². The summed E-state index contributed by atoms with van der Waals surface area (Å²) in [5, 5.41) is 2.56. The quantitative estimate of drug-likeness (QED) is 0.589. The van der Waals surface area contributed by atoms with Gasteiger partial charge in [0.2, 0.25) is 0 Å². The molecule has 0 aliphatic heterocycles. The molecule has 0 saturated heterocycles. The molecule has 16 heavy (non-hydrogen) atoms. The van der Waals surface area contributed by atoms with E-state index in [2.05, 4.69) is 11.9 Å². The fourth-order valence-electron chi connectivity index (χ4n) is 1.54. The summed E-state index contributed by atoms with van der Waals surface area (Å²) in [6.07, 6.45) is 3.91. The van der Waals surface area contributed by atoms with E-state index in [1.807, 2.05) is 24.3 Å². The van der Waals surface area contributed by atoms with Gasteiger partial charge >= 0.3 is 0 Å². The minimum absolute atomic E-state index is 0.526. The number of fused-ring (bicyclic) bond motifs is 1. The highest BCUT2D eigenvalue weighted by atomic mass is 35.5. The molecule has 2 rings (SSSR count). The van der Waals surface area contributed by atoms with Gasteiger partial charge in [-0.05, 0) is 30.0 Å². The molecule has 0 fully saturated rings. The van der Waals surface area contributed by atoms with Crippen molar-refractivity contribution in [3.05, 3.63) is 35.6 Å². The number of ether oxygens (including phenoxy) is 1. The number of hydrogen-bond donors (Lipinski definition) is 0. The average molecular weight is 236 g/mol. The second-order valence-electron chi connectivity index (χ2n) is 3.69. The second kappa shape index (κ2) is 5.17. The molecule has 0 spiro atoms. The predicted molar refractivity (Wildman–Crippen MR) is 67.2 cm³/mol. The Morgan fingerprint density at radius 1 is 1.31 bits per heavy atom. The lowest BCUT2D eigenvalue weighted by Crippen LogP contribution is -1.96. The zero-order valence-electron chi connectivity index (χ0n) is 9.24. The Kier molecular flexibility index (Phi) is 3.62. The Bertz CT molecular complexity index is 484. The Morgan fingerprint density at radius 3 is 3.00 bits per heavy atom. The third kappa shape index (κ3) is 2.45. The van der Waals surface area contributed by atoms with E-state index in [9.17, 15) is 0 Å². The first kappa shape index (κ1) is 11.2. The molecule has 1 aromatic carbocycles. The number of rotatable bonds is 4. The molecule has 0 radical (unpaired) electrons. The predicted octanol–water partition coefficient (Wildman–Crippen LogP) is 4.07. The number of halogens is 1. The molecule has 0 N–H and O–H groups in total. The van der Waals surface area contributed by atoms with E-state index in [1.165, 1.54) is 0 Å². The zero-order valence-corrected chi connectivity index (χ0v) is 10.00. The van der Waals surface area contributed by atoms with Gasteiger partial charge in [0.25, 0.3) is 0 Å². The van der Waals surface area contributed by atoms with Crippen molar-refractivity contribution in [2.24, 2.45) is 0 Å². The third-order valence-electron chi connectivity index (χ3n) is 2.46. The maximum atomic E-state index is 6.02. The fourth-order valence-corrected chi connectivity index (χ4v) is 1.76. The summed E-state index contributed by atoms with van der Waals surface area (Å²) in [4.78, 5) is 4.05. The minimum Gasteiger partial charge on any atom is -0.494 e. The number of hydrogen-bond acceptors (Lipinski definition) is 2. The molecule has 0 bridgehead atoms. The molecule has 0 aliphatic rings. The second-order valence-corrected chi connectivity index (χ2v) is 4.04. The van der Waals surface area contributed by atoms with E-state index < -0.39 is 0 Å². The van der Waals surface area contributed by atoms with Crippen LogP contribution in [0.25, 0.3) is 10.8 Å². The topological polar surface area (TPSA) is 22.1 Å². The fraction of sp³-hybridized carbons (Fsp3) is 0.308. The van der Waals surface area contributed by atoms with Gasteiger partial charge in [0.15, 0.2) is 0 Å². The average Bonchev–Trinajstić information content (AvgIpc) is 2.30. The molecule has 1 heterocycles. The van der Waals surface area contributed by atoms with E-state index in [0.29, 0.717) is 5.15 Å². The largest absolute Gasteiger partial charge is 0.494 e. The van der Waals surface area contributed by atoms with Gasteiger partial charge in [0.1, 0.15) is 10.9 Å². The monoisotopic (exact) mass is 235 g/mol. The lowest BCUT2D eigenvalue weighted by Gasteiger charge is -2.06. The Hall–Kier alpha value is -1.28. The van der Waals surface area contributed by atoms with E-state index in [-0.39, 0.29) is 0 Å². The van der Waals surface area contributed by atoms with E-state index in [1.54, 1.807) is 6.20 Å². The van der Waals surface area contributed by atoms with Crippen LogP contribution in [-0.2, 0) is 0 Å². The molecular formula is C13H14ClNO. The maximum absolute atomic E-state index is 6.02. The standard InChI is InChI=1S/C13H14ClNO/c1-2-3-8-16-11-5-4-10-6-7-15-13(14)12(10)9-11/h4-7,9H,2-3,8H2,1H3. The van der Waals surface area contributed by atoms with Crippen molar-refractivity contribution in [2.45, 2.75) is 19.8 Å². The lowest BCUT2D eigenvalue weighted by atomic mass is 10.2. The van der Waals surface area contributed by atoms with Crippen LogP contribution in [0.4, 0.5) is 0 Å². The number of pyridine rings is 1. The van der Waals surface area contributed by atoms with Gasteiger partial charge in [-0.2, -0.15) is 0 Å². The summed E-state index contributed by atoms with van der Waals surface area (Å²) < 4.78 is 5.62. The summed E-state index contributed by atoms with van der Waals surface area (Å²) in [7, 11) is 0. The van der Waals surface area contributed by atoms with Crippen LogP contribution < -0.4 is 4.74 Å². The third-order valence-corrected chi connectivity index (χ3v) is 2.76. The van der Waals surface area contributed by atoms with Gasteiger partial charge in [0, 0.05) is 11.6 Å². The molecule has 0 saturated carbocycles. The maximum Gasteiger partial charge on any atom is 0.136 e. The molecule has 0 aliphatic carbocycles. The highest BCUT2D eigenvalue weighted by molar-refractivity contribution is 6.34. The van der Waals surface area contributed by atoms with Crippen molar-refractivity contribution in [1.29, 1.82) is 0 Å². The molecule has 0 atom stereocenters. The molecule has 0 amide bonds. The molecule has 3 heteroatoms. The first-order valence-electron chi connectivity index (χ1n) is 5.48. The lowest BCUT2D eigenvalue weighted by molar-refractivity contribution is 0.310. The van der Waals surface area contributed by atoms with Crippen LogP contribution in [0.5, 0.6) is 5.75 Å². The van der Waals surface area contributed by atoms with Crippen LogP contribution in [0, 0.1) is 0 Å². The molecule has 0 unspecified atom stereocenters. The SMILES string of the molecule is CCCCOc1ccc2ccnc(Cl)c2c1. The van der Waals surface area contributed by atoms with E-state index >= 15 is 0 Å². The Labute approximate surface area is 100 Å². The van der Waals surface area contributed by atoms with Crippen LogP contribution >= 0.6 is 11.6 Å². The summed E-state index contributed by atoms with van der Waals surface area (Å²) in [5.41, 5.74) is 0. The molecule has 84 valence electrons. The summed E-state index contributed by atoms with van der Waals surface area (Å²) in [6.45, 7) is 2.89. The van der Waals surface area contributed by atoms with Gasteiger partial charge < -0.3 is 4.74 Å². The van der Waals surface area contributed by atoms with Gasteiger partial charge in [-0.3, -0.25) is 0 Å². The highest BCUT2D eigenvalue weighted by Crippen LogP contribution is 2.25. The van der Waals surface area contributed by atoms with Crippen molar-refractivity contribution in [2.75, 3.05) is 6.61 Å². The van der Waals surface area contributed by atoms with E-state index in [0.717, 1.165) is 36.0 Å². The number of unbranched alkanes of at least 4 members (excludes halogenated alkanes) is 1. The van der Waals surface area contributed by atoms with Crippen LogP contribution in [0.3, 0.4) is 0 Å². The van der Waals surface area contributed by atoms with Crippen molar-refractivity contribution < 1.29 is 4.74 Å². The normalized spacial score (nSPS) is 10.6. The van der Waals surface area contributed by atoms with Gasteiger partial charge in [-0.15, -0.1) is 0 Å². The molecule has 2 nitrogen and oxygen atoms in total. The number of aromatic nitrogens is 1.